The smallest absolute Gasteiger partial charge is 0.271 e. The van der Waals surface area contributed by atoms with E-state index in [9.17, 15) is 14.9 Å². The zero-order valence-electron chi connectivity index (χ0n) is 10.2. The van der Waals surface area contributed by atoms with E-state index in [1.165, 1.54) is 18.2 Å². The Morgan fingerprint density at radius 2 is 2.26 bits per heavy atom. The van der Waals surface area contributed by atoms with Crippen LogP contribution in [0.4, 0.5) is 11.4 Å². The first kappa shape index (κ1) is 13.8. The molecule has 2 N–H and O–H groups in total. The Morgan fingerprint density at radius 1 is 1.47 bits per heavy atom. The number of nitrogens with zero attached hydrogens (tertiary/aromatic N) is 1. The summed E-state index contributed by atoms with van der Waals surface area (Å²) in [7, 11) is 0. The summed E-state index contributed by atoms with van der Waals surface area (Å²) in [5, 5.41) is 16.6. The van der Waals surface area contributed by atoms with Crippen molar-refractivity contribution in [1.82, 2.24) is 5.32 Å². The van der Waals surface area contributed by atoms with Crippen molar-refractivity contribution in [3.8, 4) is 0 Å². The highest BCUT2D eigenvalue weighted by Crippen LogP contribution is 2.27. The Kier molecular flexibility index (Phi) is 4.34. The van der Waals surface area contributed by atoms with Gasteiger partial charge in [-0.25, -0.2) is 0 Å². The molecule has 0 bridgehead atoms. The third-order valence-electron chi connectivity index (χ3n) is 3.05. The standard InChI is InChI=1S/C12H14ClN3O3/c13-9-7-8(16(18)19)4-5-10(9)15-12(17)11-3-1-2-6-14-11/h4-5,7,11,14H,1-3,6H2,(H,15,17)/t11-/m1/s1. The van der Waals surface area contributed by atoms with Crippen LogP contribution in [0.25, 0.3) is 0 Å². The number of hydrogen-bond acceptors (Lipinski definition) is 4. The molecule has 0 radical (unpaired) electrons. The van der Waals surface area contributed by atoms with Gasteiger partial charge in [-0.2, -0.15) is 0 Å². The second kappa shape index (κ2) is 5.99. The Balaban J connectivity index is 2.06. The van der Waals surface area contributed by atoms with Crippen molar-refractivity contribution >= 4 is 28.9 Å². The van der Waals surface area contributed by atoms with Gasteiger partial charge < -0.3 is 10.6 Å². The van der Waals surface area contributed by atoms with E-state index in [0.717, 1.165) is 25.8 Å². The molecule has 102 valence electrons. The molecule has 0 spiro atoms. The molecule has 1 aliphatic heterocycles. The predicted molar refractivity (Wildman–Crippen MR) is 72.4 cm³/mol. The zero-order valence-corrected chi connectivity index (χ0v) is 10.9. The fourth-order valence-electron chi connectivity index (χ4n) is 2.01. The number of carbonyl (C=O) groups is 1. The number of rotatable bonds is 3. The molecule has 0 aliphatic carbocycles. The average Bonchev–Trinajstić information content (AvgIpc) is 2.41. The number of hydrogen-bond donors (Lipinski definition) is 2. The first-order valence-electron chi connectivity index (χ1n) is 6.06. The molecule has 1 heterocycles. The highest BCUT2D eigenvalue weighted by atomic mass is 35.5. The number of anilines is 1. The Morgan fingerprint density at radius 3 is 2.84 bits per heavy atom. The molecule has 1 saturated heterocycles. The van der Waals surface area contributed by atoms with E-state index >= 15 is 0 Å². The molecule has 0 aromatic heterocycles. The van der Waals surface area contributed by atoms with Crippen molar-refractivity contribution in [2.45, 2.75) is 25.3 Å². The molecule has 1 fully saturated rings. The predicted octanol–water partition coefficient (Wildman–Crippen LogP) is 2.33. The maximum Gasteiger partial charge on any atom is 0.271 e. The van der Waals surface area contributed by atoms with Crippen LogP contribution < -0.4 is 10.6 Å². The lowest BCUT2D eigenvalue weighted by molar-refractivity contribution is -0.384. The van der Waals surface area contributed by atoms with E-state index < -0.39 is 4.92 Å². The second-order valence-electron chi connectivity index (χ2n) is 4.41. The van der Waals surface area contributed by atoms with E-state index in [4.69, 9.17) is 11.6 Å². The third kappa shape index (κ3) is 3.42. The summed E-state index contributed by atoms with van der Waals surface area (Å²) in [4.78, 5) is 22.0. The van der Waals surface area contributed by atoms with Gasteiger partial charge in [0.25, 0.3) is 5.69 Å². The Labute approximate surface area is 115 Å². The van der Waals surface area contributed by atoms with Crippen LogP contribution in [0, 0.1) is 10.1 Å². The fraction of sp³-hybridized carbons (Fsp3) is 0.417. The molecule has 1 aromatic rings. The maximum absolute atomic E-state index is 12.0. The van der Waals surface area contributed by atoms with Crippen LogP contribution in [0.2, 0.25) is 5.02 Å². The number of benzene rings is 1. The van der Waals surface area contributed by atoms with E-state index in [1.807, 2.05) is 0 Å². The highest BCUT2D eigenvalue weighted by Gasteiger charge is 2.21. The molecule has 1 aliphatic rings. The minimum absolute atomic E-state index is 0.0983. The van der Waals surface area contributed by atoms with Crippen molar-refractivity contribution in [2.75, 3.05) is 11.9 Å². The van der Waals surface area contributed by atoms with Crippen molar-refractivity contribution in [1.29, 1.82) is 0 Å². The van der Waals surface area contributed by atoms with Gasteiger partial charge in [0.15, 0.2) is 0 Å². The van der Waals surface area contributed by atoms with Gasteiger partial charge in [-0.05, 0) is 25.5 Å². The van der Waals surface area contributed by atoms with Gasteiger partial charge in [-0.1, -0.05) is 18.0 Å². The second-order valence-corrected chi connectivity index (χ2v) is 4.82. The van der Waals surface area contributed by atoms with Gasteiger partial charge in [-0.15, -0.1) is 0 Å². The number of nitrogens with one attached hydrogen (secondary N) is 2. The van der Waals surface area contributed by atoms with Crippen molar-refractivity contribution in [3.63, 3.8) is 0 Å². The monoisotopic (exact) mass is 283 g/mol. The summed E-state index contributed by atoms with van der Waals surface area (Å²) in [5.41, 5.74) is 0.295. The van der Waals surface area contributed by atoms with Crippen LogP contribution in [0.5, 0.6) is 0 Å². The molecule has 1 atom stereocenters. The normalized spacial score (nSPS) is 18.9. The number of nitro groups is 1. The number of halogens is 1. The largest absolute Gasteiger partial charge is 0.323 e. The molecule has 1 amide bonds. The molecule has 1 aromatic carbocycles. The van der Waals surface area contributed by atoms with E-state index in [2.05, 4.69) is 10.6 Å². The molecular formula is C12H14ClN3O3. The SMILES string of the molecule is O=C(Nc1ccc([N+](=O)[O-])cc1Cl)[C@H]1CCCCN1. The van der Waals surface area contributed by atoms with Crippen molar-refractivity contribution in [2.24, 2.45) is 0 Å². The summed E-state index contributed by atoms with van der Waals surface area (Å²) < 4.78 is 0. The van der Waals surface area contributed by atoms with E-state index in [0.29, 0.717) is 5.69 Å². The average molecular weight is 284 g/mol. The zero-order chi connectivity index (χ0) is 13.8. The topological polar surface area (TPSA) is 84.3 Å². The summed E-state index contributed by atoms with van der Waals surface area (Å²) in [6.07, 6.45) is 2.87. The van der Waals surface area contributed by atoms with Crippen LogP contribution in [-0.2, 0) is 4.79 Å². The van der Waals surface area contributed by atoms with Crippen molar-refractivity contribution < 1.29 is 9.72 Å². The molecule has 0 saturated carbocycles. The lowest BCUT2D eigenvalue weighted by Gasteiger charge is -2.22. The molecule has 6 nitrogen and oxygen atoms in total. The molecule has 19 heavy (non-hydrogen) atoms. The van der Waals surface area contributed by atoms with Crippen LogP contribution in [0.3, 0.4) is 0 Å². The van der Waals surface area contributed by atoms with Crippen LogP contribution in [-0.4, -0.2) is 23.4 Å². The number of amides is 1. The molecule has 0 unspecified atom stereocenters. The number of carbonyl (C=O) groups excluding carboxylic acids is 1. The summed E-state index contributed by atoms with van der Waals surface area (Å²) >= 11 is 5.92. The number of nitro benzene ring substituents is 1. The highest BCUT2D eigenvalue weighted by molar-refractivity contribution is 6.34. The number of non-ortho nitro benzene ring substituents is 1. The van der Waals surface area contributed by atoms with Gasteiger partial charge in [0, 0.05) is 12.1 Å². The minimum Gasteiger partial charge on any atom is -0.323 e. The Bertz CT molecular complexity index is 501. The van der Waals surface area contributed by atoms with Crippen LogP contribution in [0.15, 0.2) is 18.2 Å². The first-order valence-corrected chi connectivity index (χ1v) is 6.44. The van der Waals surface area contributed by atoms with Gasteiger partial charge in [-0.3, -0.25) is 14.9 Å². The van der Waals surface area contributed by atoms with E-state index in [-0.39, 0.29) is 22.7 Å². The van der Waals surface area contributed by atoms with Crippen LogP contribution in [0.1, 0.15) is 19.3 Å². The van der Waals surface area contributed by atoms with Gasteiger partial charge in [0.1, 0.15) is 0 Å². The fourth-order valence-corrected chi connectivity index (χ4v) is 2.24. The van der Waals surface area contributed by atoms with Gasteiger partial charge in [0.2, 0.25) is 5.91 Å². The summed E-state index contributed by atoms with van der Waals surface area (Å²) in [6, 6.07) is 3.77. The summed E-state index contributed by atoms with van der Waals surface area (Å²) in [5.74, 6) is -0.157. The Hall–Kier alpha value is -1.66. The number of piperidine rings is 1. The van der Waals surface area contributed by atoms with Crippen LogP contribution >= 0.6 is 11.6 Å². The lowest BCUT2D eigenvalue weighted by atomic mass is 10.0. The molecular weight excluding hydrogens is 270 g/mol. The first-order chi connectivity index (χ1) is 9.08. The minimum atomic E-state index is -0.528. The van der Waals surface area contributed by atoms with Gasteiger partial charge >= 0.3 is 0 Å². The third-order valence-corrected chi connectivity index (χ3v) is 3.36. The van der Waals surface area contributed by atoms with Gasteiger partial charge in [0.05, 0.1) is 21.7 Å². The quantitative estimate of drug-likeness (QED) is 0.659. The molecule has 7 heteroatoms. The van der Waals surface area contributed by atoms with Crippen molar-refractivity contribution in [3.05, 3.63) is 33.3 Å². The van der Waals surface area contributed by atoms with E-state index in [1.54, 1.807) is 0 Å². The lowest BCUT2D eigenvalue weighted by Crippen LogP contribution is -2.43. The summed E-state index contributed by atoms with van der Waals surface area (Å²) in [6.45, 7) is 0.825. The molecule has 2 rings (SSSR count). The maximum atomic E-state index is 12.0.